The Bertz CT molecular complexity index is 799. The van der Waals surface area contributed by atoms with Crippen molar-refractivity contribution in [3.05, 3.63) is 59.7 Å². The van der Waals surface area contributed by atoms with Gasteiger partial charge in [-0.05, 0) is 94.7 Å². The Labute approximate surface area is 187 Å². The van der Waals surface area contributed by atoms with E-state index in [1.165, 1.54) is 24.0 Å². The van der Waals surface area contributed by atoms with Gasteiger partial charge in [0.25, 0.3) is 0 Å². The third-order valence-corrected chi connectivity index (χ3v) is 6.33. The van der Waals surface area contributed by atoms with Crippen molar-refractivity contribution in [1.29, 1.82) is 0 Å². The van der Waals surface area contributed by atoms with Gasteiger partial charge in [0.2, 0.25) is 0 Å². The normalized spacial score (nSPS) is 23.3. The van der Waals surface area contributed by atoms with E-state index < -0.39 is 0 Å². The highest BCUT2D eigenvalue weighted by molar-refractivity contribution is 5.42. The molecule has 1 N–H and O–H groups in total. The van der Waals surface area contributed by atoms with E-state index in [4.69, 9.17) is 14.2 Å². The second-order valence-electron chi connectivity index (χ2n) is 9.14. The standard InChI is InChI=1S/C27H37NO3/c1-20(2)29-18-6-17-28-23-10-12-24(13-11-23)30-25-14-16-27-22(19-25)9-15-26(31-27)21-7-4-3-5-8-21/h3-5,7-8,14,16,19-20,23-24,26,28H,6,9-13,15,17-18H2,1-2H3. The minimum Gasteiger partial charge on any atom is -0.490 e. The minimum atomic E-state index is 0.153. The first kappa shape index (κ1) is 22.2. The smallest absolute Gasteiger partial charge is 0.124 e. The number of hydrogen-bond acceptors (Lipinski definition) is 4. The predicted octanol–water partition coefficient (Wildman–Crippen LogP) is 5.85. The number of hydrogen-bond donors (Lipinski definition) is 1. The van der Waals surface area contributed by atoms with Crippen molar-refractivity contribution in [3.63, 3.8) is 0 Å². The van der Waals surface area contributed by atoms with Crippen LogP contribution in [0.3, 0.4) is 0 Å². The van der Waals surface area contributed by atoms with Crippen molar-refractivity contribution in [2.45, 2.75) is 83.1 Å². The van der Waals surface area contributed by atoms with Gasteiger partial charge in [-0.3, -0.25) is 0 Å². The number of nitrogens with one attached hydrogen (secondary N) is 1. The number of fused-ring (bicyclic) bond motifs is 1. The summed E-state index contributed by atoms with van der Waals surface area (Å²) in [6.45, 7) is 6.06. The van der Waals surface area contributed by atoms with Crippen LogP contribution in [0.15, 0.2) is 48.5 Å². The SMILES string of the molecule is CC(C)OCCCNC1CCC(Oc2ccc3c(c2)CCC(c2ccccc2)O3)CC1. The Morgan fingerprint density at radius 3 is 2.58 bits per heavy atom. The molecule has 2 aromatic rings. The van der Waals surface area contributed by atoms with Crippen LogP contribution < -0.4 is 14.8 Å². The maximum atomic E-state index is 6.35. The van der Waals surface area contributed by atoms with E-state index >= 15 is 0 Å². The average Bonchev–Trinajstić information content (AvgIpc) is 2.80. The highest BCUT2D eigenvalue weighted by Crippen LogP contribution is 2.37. The summed E-state index contributed by atoms with van der Waals surface area (Å²) in [7, 11) is 0. The molecule has 1 atom stereocenters. The molecule has 1 heterocycles. The number of ether oxygens (including phenoxy) is 3. The van der Waals surface area contributed by atoms with Gasteiger partial charge in [-0.2, -0.15) is 0 Å². The Morgan fingerprint density at radius 1 is 1.00 bits per heavy atom. The Morgan fingerprint density at radius 2 is 1.81 bits per heavy atom. The summed E-state index contributed by atoms with van der Waals surface area (Å²) in [6, 6.07) is 17.5. The third kappa shape index (κ3) is 6.47. The van der Waals surface area contributed by atoms with Gasteiger partial charge in [-0.25, -0.2) is 0 Å². The molecule has 1 saturated carbocycles. The first-order valence-electron chi connectivity index (χ1n) is 12.0. The maximum absolute atomic E-state index is 6.35. The fraction of sp³-hybridized carbons (Fsp3) is 0.556. The van der Waals surface area contributed by atoms with Gasteiger partial charge in [0.15, 0.2) is 0 Å². The molecule has 4 rings (SSSR count). The Kier molecular flexibility index (Phi) is 7.87. The molecule has 0 saturated heterocycles. The molecular weight excluding hydrogens is 386 g/mol. The molecule has 2 aliphatic rings. The summed E-state index contributed by atoms with van der Waals surface area (Å²) in [5.74, 6) is 1.99. The van der Waals surface area contributed by atoms with Crippen LogP contribution in [0.2, 0.25) is 0 Å². The molecule has 2 aromatic carbocycles. The highest BCUT2D eigenvalue weighted by Gasteiger charge is 2.24. The van der Waals surface area contributed by atoms with Gasteiger partial charge in [-0.1, -0.05) is 30.3 Å². The van der Waals surface area contributed by atoms with E-state index in [2.05, 4.69) is 67.7 Å². The number of rotatable bonds is 9. The van der Waals surface area contributed by atoms with Crippen molar-refractivity contribution in [2.24, 2.45) is 0 Å². The van der Waals surface area contributed by atoms with E-state index in [1.54, 1.807) is 0 Å². The summed E-state index contributed by atoms with van der Waals surface area (Å²) in [6.07, 6.45) is 8.52. The van der Waals surface area contributed by atoms with Crippen LogP contribution in [0.25, 0.3) is 0 Å². The topological polar surface area (TPSA) is 39.7 Å². The van der Waals surface area contributed by atoms with E-state index in [9.17, 15) is 0 Å². The zero-order valence-electron chi connectivity index (χ0n) is 19.0. The van der Waals surface area contributed by atoms with Crippen molar-refractivity contribution in [3.8, 4) is 11.5 Å². The van der Waals surface area contributed by atoms with Gasteiger partial charge in [0.05, 0.1) is 12.2 Å². The van der Waals surface area contributed by atoms with Crippen LogP contribution >= 0.6 is 0 Å². The molecule has 31 heavy (non-hydrogen) atoms. The van der Waals surface area contributed by atoms with Crippen molar-refractivity contribution >= 4 is 0 Å². The Hall–Kier alpha value is -2.04. The van der Waals surface area contributed by atoms with Gasteiger partial charge in [-0.15, -0.1) is 0 Å². The van der Waals surface area contributed by atoms with Crippen LogP contribution in [0.4, 0.5) is 0 Å². The predicted molar refractivity (Wildman–Crippen MR) is 125 cm³/mol. The monoisotopic (exact) mass is 423 g/mol. The summed E-state index contributed by atoms with van der Waals surface area (Å²) in [4.78, 5) is 0. The molecular formula is C27H37NO3. The maximum Gasteiger partial charge on any atom is 0.124 e. The second kappa shape index (κ2) is 11.0. The molecule has 1 fully saturated rings. The molecule has 4 nitrogen and oxygen atoms in total. The summed E-state index contributed by atoms with van der Waals surface area (Å²) >= 11 is 0. The van der Waals surface area contributed by atoms with Crippen LogP contribution in [-0.4, -0.2) is 31.4 Å². The van der Waals surface area contributed by atoms with Crippen LogP contribution in [0.5, 0.6) is 11.5 Å². The van der Waals surface area contributed by atoms with E-state index in [1.807, 2.05) is 0 Å². The van der Waals surface area contributed by atoms with Gasteiger partial charge >= 0.3 is 0 Å². The fourth-order valence-electron chi connectivity index (χ4n) is 4.62. The van der Waals surface area contributed by atoms with Crippen molar-refractivity contribution in [1.82, 2.24) is 5.32 Å². The molecule has 1 aliphatic heterocycles. The molecule has 0 aromatic heterocycles. The summed E-state index contributed by atoms with van der Waals surface area (Å²) in [5.41, 5.74) is 2.52. The van der Waals surface area contributed by atoms with E-state index in [0.717, 1.165) is 56.8 Å². The zero-order valence-corrected chi connectivity index (χ0v) is 19.0. The first-order valence-corrected chi connectivity index (χ1v) is 12.0. The zero-order chi connectivity index (χ0) is 21.5. The van der Waals surface area contributed by atoms with Gasteiger partial charge in [0, 0.05) is 12.6 Å². The lowest BCUT2D eigenvalue weighted by Gasteiger charge is -2.30. The van der Waals surface area contributed by atoms with Crippen molar-refractivity contribution in [2.75, 3.05) is 13.2 Å². The fourth-order valence-corrected chi connectivity index (χ4v) is 4.62. The quantitative estimate of drug-likeness (QED) is 0.514. The molecule has 0 bridgehead atoms. The number of aryl methyl sites for hydroxylation is 1. The molecule has 4 heteroatoms. The molecule has 168 valence electrons. The summed E-state index contributed by atoms with van der Waals surface area (Å²) in [5, 5.41) is 3.69. The molecule has 0 radical (unpaired) electrons. The van der Waals surface area contributed by atoms with Gasteiger partial charge in [0.1, 0.15) is 17.6 Å². The van der Waals surface area contributed by atoms with Crippen LogP contribution in [0, 0.1) is 0 Å². The molecule has 1 unspecified atom stereocenters. The Balaban J connectivity index is 1.21. The van der Waals surface area contributed by atoms with Crippen molar-refractivity contribution < 1.29 is 14.2 Å². The largest absolute Gasteiger partial charge is 0.490 e. The van der Waals surface area contributed by atoms with Gasteiger partial charge < -0.3 is 19.5 Å². The molecule has 0 amide bonds. The van der Waals surface area contributed by atoms with Crippen LogP contribution in [-0.2, 0) is 11.2 Å². The first-order chi connectivity index (χ1) is 15.2. The minimum absolute atomic E-state index is 0.153. The van der Waals surface area contributed by atoms with E-state index in [0.29, 0.717) is 18.2 Å². The van der Waals surface area contributed by atoms with Crippen LogP contribution in [0.1, 0.15) is 69.6 Å². The molecule has 0 spiro atoms. The second-order valence-corrected chi connectivity index (χ2v) is 9.14. The lowest BCUT2D eigenvalue weighted by Crippen LogP contribution is -2.37. The average molecular weight is 424 g/mol. The van der Waals surface area contributed by atoms with E-state index in [-0.39, 0.29) is 6.10 Å². The number of benzene rings is 2. The summed E-state index contributed by atoms with van der Waals surface area (Å²) < 4.78 is 18.2. The lowest BCUT2D eigenvalue weighted by molar-refractivity contribution is 0.0758. The highest BCUT2D eigenvalue weighted by atomic mass is 16.5. The molecule has 1 aliphatic carbocycles. The lowest BCUT2D eigenvalue weighted by atomic mass is 9.92. The third-order valence-electron chi connectivity index (χ3n) is 6.33.